The summed E-state index contributed by atoms with van der Waals surface area (Å²) in [4.78, 5) is 1.23. The monoisotopic (exact) mass is 266 g/mol. The van der Waals surface area contributed by atoms with Crippen molar-refractivity contribution in [3.8, 4) is 5.75 Å². The largest absolute Gasteiger partial charge is 0.487 e. The number of rotatable bonds is 5. The standard InChI is InChI=1S/C14H22N2OS/c1-3-6-10(2)14(16-15)12-9-18-13-8-5-4-7-11(13)17-12/h4-5,7-8,10,12,14,16H,3,6,9,15H2,1-2H3. The number of hydrogen-bond acceptors (Lipinski definition) is 4. The van der Waals surface area contributed by atoms with Gasteiger partial charge >= 0.3 is 0 Å². The molecule has 3 nitrogen and oxygen atoms in total. The van der Waals surface area contributed by atoms with Crippen LogP contribution >= 0.6 is 11.8 Å². The van der Waals surface area contributed by atoms with Gasteiger partial charge in [0.25, 0.3) is 0 Å². The normalized spacial score (nSPS) is 21.8. The Morgan fingerprint density at radius 3 is 3.00 bits per heavy atom. The van der Waals surface area contributed by atoms with Crippen molar-refractivity contribution in [1.82, 2.24) is 5.43 Å². The van der Waals surface area contributed by atoms with Crippen LogP contribution in [0.15, 0.2) is 29.2 Å². The lowest BCUT2D eigenvalue weighted by molar-refractivity contribution is 0.133. The van der Waals surface area contributed by atoms with Crippen LogP contribution in [0.3, 0.4) is 0 Å². The molecule has 18 heavy (non-hydrogen) atoms. The zero-order valence-electron chi connectivity index (χ0n) is 11.1. The van der Waals surface area contributed by atoms with Gasteiger partial charge in [-0.1, -0.05) is 32.4 Å². The van der Waals surface area contributed by atoms with E-state index in [2.05, 4.69) is 25.3 Å². The predicted octanol–water partition coefficient (Wildman–Crippen LogP) is 2.81. The van der Waals surface area contributed by atoms with Crippen LogP contribution in [-0.2, 0) is 0 Å². The van der Waals surface area contributed by atoms with E-state index in [1.807, 2.05) is 30.0 Å². The number of hydrogen-bond donors (Lipinski definition) is 2. The summed E-state index contributed by atoms with van der Waals surface area (Å²) < 4.78 is 6.09. The van der Waals surface area contributed by atoms with Crippen LogP contribution in [0.25, 0.3) is 0 Å². The average Bonchev–Trinajstić information content (AvgIpc) is 2.40. The molecule has 0 aliphatic carbocycles. The molecule has 3 atom stereocenters. The molecule has 0 bridgehead atoms. The molecule has 3 unspecified atom stereocenters. The Hall–Kier alpha value is -0.710. The van der Waals surface area contributed by atoms with Gasteiger partial charge in [-0.2, -0.15) is 0 Å². The van der Waals surface area contributed by atoms with Gasteiger partial charge in [-0.15, -0.1) is 11.8 Å². The van der Waals surface area contributed by atoms with Crippen molar-refractivity contribution < 1.29 is 4.74 Å². The second kappa shape index (κ2) is 6.45. The maximum atomic E-state index is 6.09. The summed E-state index contributed by atoms with van der Waals surface area (Å²) >= 11 is 1.86. The summed E-state index contributed by atoms with van der Waals surface area (Å²) in [6, 6.07) is 8.42. The predicted molar refractivity (Wildman–Crippen MR) is 76.8 cm³/mol. The number of ether oxygens (including phenoxy) is 1. The highest BCUT2D eigenvalue weighted by Crippen LogP contribution is 2.36. The van der Waals surface area contributed by atoms with Crippen LogP contribution in [0, 0.1) is 5.92 Å². The number of fused-ring (bicyclic) bond motifs is 1. The van der Waals surface area contributed by atoms with E-state index in [-0.39, 0.29) is 12.1 Å². The minimum Gasteiger partial charge on any atom is -0.487 e. The Morgan fingerprint density at radius 2 is 2.28 bits per heavy atom. The topological polar surface area (TPSA) is 47.3 Å². The van der Waals surface area contributed by atoms with E-state index >= 15 is 0 Å². The van der Waals surface area contributed by atoms with E-state index in [9.17, 15) is 0 Å². The summed E-state index contributed by atoms with van der Waals surface area (Å²) in [5, 5.41) is 0. The third-order valence-corrected chi connectivity index (χ3v) is 4.62. The first-order valence-electron chi connectivity index (χ1n) is 6.60. The van der Waals surface area contributed by atoms with Crippen LogP contribution in [0.5, 0.6) is 5.75 Å². The maximum absolute atomic E-state index is 6.09. The number of benzene rings is 1. The van der Waals surface area contributed by atoms with E-state index in [0.29, 0.717) is 5.92 Å². The molecule has 1 aliphatic rings. The van der Waals surface area contributed by atoms with Crippen molar-refractivity contribution in [1.29, 1.82) is 0 Å². The van der Waals surface area contributed by atoms with Crippen molar-refractivity contribution in [3.63, 3.8) is 0 Å². The number of hydrazine groups is 1. The maximum Gasteiger partial charge on any atom is 0.133 e. The second-order valence-corrected chi connectivity index (χ2v) is 5.93. The van der Waals surface area contributed by atoms with Crippen LogP contribution in [0.1, 0.15) is 26.7 Å². The van der Waals surface area contributed by atoms with Gasteiger partial charge in [0, 0.05) is 10.6 Å². The van der Waals surface area contributed by atoms with Gasteiger partial charge in [-0.3, -0.25) is 11.3 Å². The van der Waals surface area contributed by atoms with Gasteiger partial charge in [-0.25, -0.2) is 0 Å². The Labute approximate surface area is 113 Å². The minimum absolute atomic E-state index is 0.149. The fraction of sp³-hybridized carbons (Fsp3) is 0.571. The number of para-hydroxylation sites is 1. The second-order valence-electron chi connectivity index (χ2n) is 4.87. The first-order valence-corrected chi connectivity index (χ1v) is 7.59. The van der Waals surface area contributed by atoms with E-state index in [1.165, 1.54) is 17.7 Å². The molecule has 100 valence electrons. The Morgan fingerprint density at radius 1 is 1.50 bits per heavy atom. The summed E-state index contributed by atoms with van der Waals surface area (Å²) in [5.74, 6) is 8.19. The first-order chi connectivity index (χ1) is 8.76. The molecule has 0 saturated carbocycles. The zero-order chi connectivity index (χ0) is 13.0. The summed E-state index contributed by atoms with van der Waals surface area (Å²) in [6.45, 7) is 4.44. The lowest BCUT2D eigenvalue weighted by Crippen LogP contribution is -2.52. The van der Waals surface area contributed by atoms with Crippen molar-refractivity contribution in [2.24, 2.45) is 11.8 Å². The Balaban J connectivity index is 2.06. The molecule has 2 rings (SSSR count). The van der Waals surface area contributed by atoms with Crippen molar-refractivity contribution >= 4 is 11.8 Å². The molecule has 1 aliphatic heterocycles. The van der Waals surface area contributed by atoms with E-state index in [4.69, 9.17) is 10.6 Å². The molecule has 1 heterocycles. The van der Waals surface area contributed by atoms with E-state index in [0.717, 1.165) is 11.5 Å². The van der Waals surface area contributed by atoms with Gasteiger partial charge in [0.05, 0.1) is 6.04 Å². The fourth-order valence-corrected chi connectivity index (χ4v) is 3.54. The van der Waals surface area contributed by atoms with Gasteiger partial charge < -0.3 is 4.74 Å². The highest BCUT2D eigenvalue weighted by molar-refractivity contribution is 7.99. The average molecular weight is 266 g/mol. The molecule has 1 aromatic carbocycles. The SMILES string of the molecule is CCCC(C)C(NN)C1CSc2ccccc2O1. The Bertz CT molecular complexity index is 386. The van der Waals surface area contributed by atoms with E-state index in [1.54, 1.807) is 0 Å². The van der Waals surface area contributed by atoms with Gasteiger partial charge in [-0.05, 0) is 24.5 Å². The van der Waals surface area contributed by atoms with Crippen LogP contribution in [0.2, 0.25) is 0 Å². The van der Waals surface area contributed by atoms with Crippen molar-refractivity contribution in [3.05, 3.63) is 24.3 Å². The van der Waals surface area contributed by atoms with E-state index < -0.39 is 0 Å². The third-order valence-electron chi connectivity index (χ3n) is 3.48. The summed E-state index contributed by atoms with van der Waals surface area (Å²) in [5.41, 5.74) is 2.95. The lowest BCUT2D eigenvalue weighted by Gasteiger charge is -2.34. The highest BCUT2D eigenvalue weighted by Gasteiger charge is 2.30. The number of nitrogens with two attached hydrogens (primary N) is 1. The Kier molecular flexibility index (Phi) is 4.92. The smallest absolute Gasteiger partial charge is 0.133 e. The van der Waals surface area contributed by atoms with Crippen molar-refractivity contribution in [2.75, 3.05) is 5.75 Å². The molecule has 0 radical (unpaired) electrons. The molecule has 1 aromatic rings. The zero-order valence-corrected chi connectivity index (χ0v) is 11.9. The van der Waals surface area contributed by atoms with Gasteiger partial charge in [0.15, 0.2) is 0 Å². The molecule has 0 saturated heterocycles. The molecule has 0 aromatic heterocycles. The molecular formula is C14H22N2OS. The van der Waals surface area contributed by atoms with Gasteiger partial charge in [0.2, 0.25) is 0 Å². The summed E-state index contributed by atoms with van der Waals surface area (Å²) in [7, 11) is 0. The van der Waals surface area contributed by atoms with Crippen LogP contribution in [0.4, 0.5) is 0 Å². The van der Waals surface area contributed by atoms with Crippen LogP contribution in [-0.4, -0.2) is 17.9 Å². The van der Waals surface area contributed by atoms with Gasteiger partial charge in [0.1, 0.15) is 11.9 Å². The number of nitrogens with one attached hydrogen (secondary N) is 1. The molecular weight excluding hydrogens is 244 g/mol. The highest BCUT2D eigenvalue weighted by atomic mass is 32.2. The number of thioether (sulfide) groups is 1. The molecule has 0 fully saturated rings. The molecule has 0 spiro atoms. The molecule has 3 N–H and O–H groups in total. The van der Waals surface area contributed by atoms with Crippen molar-refractivity contribution in [2.45, 2.75) is 43.7 Å². The quantitative estimate of drug-likeness (QED) is 0.635. The minimum atomic E-state index is 0.149. The molecule has 0 amide bonds. The fourth-order valence-electron chi connectivity index (χ4n) is 2.49. The molecule has 4 heteroatoms. The third kappa shape index (κ3) is 2.99. The summed E-state index contributed by atoms with van der Waals surface area (Å²) in [6.07, 6.45) is 2.49. The first kappa shape index (κ1) is 13.7. The lowest BCUT2D eigenvalue weighted by atomic mass is 9.93. The van der Waals surface area contributed by atoms with Crippen LogP contribution < -0.4 is 16.0 Å².